The standard InChI is InChI=1S/C30H28N2O5/c1-2-19-8-13-22(14-9-19)32-27(34)25-24(17-12-20-6-4-3-5-7-20)31-30(29(36)37,26(25)28(32)35)18-21-10-15-23(33)16-11-21/h3-17,24-26,31,33H,2,18H2,1H3,(H,36,37). The lowest BCUT2D eigenvalue weighted by Gasteiger charge is -2.31. The Morgan fingerprint density at radius 3 is 2.22 bits per heavy atom. The van der Waals surface area contributed by atoms with Gasteiger partial charge in [0.1, 0.15) is 11.3 Å². The average molecular weight is 497 g/mol. The molecule has 2 amide bonds. The number of nitrogens with zero attached hydrogens (tertiary/aromatic N) is 1. The van der Waals surface area contributed by atoms with E-state index in [0.717, 1.165) is 22.4 Å². The van der Waals surface area contributed by atoms with Gasteiger partial charge in [0.25, 0.3) is 0 Å². The molecule has 4 atom stereocenters. The summed E-state index contributed by atoms with van der Waals surface area (Å²) in [5, 5.41) is 23.4. The number of imide groups is 1. The minimum absolute atomic E-state index is 0.0267. The summed E-state index contributed by atoms with van der Waals surface area (Å²) in [5.41, 5.74) is 1.33. The van der Waals surface area contributed by atoms with Gasteiger partial charge >= 0.3 is 5.97 Å². The molecule has 188 valence electrons. The zero-order chi connectivity index (χ0) is 26.2. The highest BCUT2D eigenvalue weighted by atomic mass is 16.4. The highest BCUT2D eigenvalue weighted by Crippen LogP contribution is 2.46. The Labute approximate surface area is 215 Å². The van der Waals surface area contributed by atoms with Gasteiger partial charge in [-0.25, -0.2) is 4.90 Å². The molecule has 0 aliphatic carbocycles. The van der Waals surface area contributed by atoms with Gasteiger partial charge in [0, 0.05) is 12.5 Å². The summed E-state index contributed by atoms with van der Waals surface area (Å²) in [6, 6.07) is 22.3. The molecule has 3 aromatic rings. The molecule has 37 heavy (non-hydrogen) atoms. The molecule has 4 unspecified atom stereocenters. The second kappa shape index (κ2) is 9.67. The zero-order valence-corrected chi connectivity index (χ0v) is 20.4. The lowest BCUT2D eigenvalue weighted by Crippen LogP contribution is -2.58. The fourth-order valence-corrected chi connectivity index (χ4v) is 5.50. The summed E-state index contributed by atoms with van der Waals surface area (Å²) in [6.07, 6.45) is 4.41. The minimum atomic E-state index is -1.71. The van der Waals surface area contributed by atoms with Crippen molar-refractivity contribution < 1.29 is 24.6 Å². The monoisotopic (exact) mass is 496 g/mol. The van der Waals surface area contributed by atoms with Crippen molar-refractivity contribution in [2.75, 3.05) is 4.90 Å². The van der Waals surface area contributed by atoms with E-state index in [2.05, 4.69) is 5.32 Å². The summed E-state index contributed by atoms with van der Waals surface area (Å²) in [4.78, 5) is 41.7. The Balaban J connectivity index is 1.58. The number of phenols is 1. The van der Waals surface area contributed by atoms with E-state index in [4.69, 9.17) is 0 Å². The number of carbonyl (C=O) groups excluding carboxylic acids is 2. The molecular formula is C30H28N2O5. The fraction of sp³-hybridized carbons (Fsp3) is 0.233. The molecule has 7 heteroatoms. The number of nitrogens with one attached hydrogen (secondary N) is 1. The largest absolute Gasteiger partial charge is 0.508 e. The number of aryl methyl sites for hydroxylation is 1. The van der Waals surface area contributed by atoms with Crippen LogP contribution in [0.4, 0.5) is 5.69 Å². The van der Waals surface area contributed by atoms with Gasteiger partial charge in [0.05, 0.1) is 17.5 Å². The number of carbonyl (C=O) groups is 3. The molecule has 7 nitrogen and oxygen atoms in total. The number of carboxylic acid groups (broad SMARTS) is 1. The first-order valence-corrected chi connectivity index (χ1v) is 12.3. The number of benzene rings is 3. The predicted octanol–water partition coefficient (Wildman–Crippen LogP) is 3.81. The maximum absolute atomic E-state index is 13.9. The number of anilines is 1. The van der Waals surface area contributed by atoms with Crippen LogP contribution in [0.1, 0.15) is 23.6 Å². The van der Waals surface area contributed by atoms with E-state index >= 15 is 0 Å². The molecule has 0 saturated carbocycles. The van der Waals surface area contributed by atoms with Crippen LogP contribution in [-0.2, 0) is 27.2 Å². The van der Waals surface area contributed by atoms with E-state index in [1.807, 2.05) is 55.5 Å². The van der Waals surface area contributed by atoms with Crippen molar-refractivity contribution in [3.8, 4) is 5.75 Å². The van der Waals surface area contributed by atoms with Crippen LogP contribution in [0.3, 0.4) is 0 Å². The highest BCUT2D eigenvalue weighted by molar-refractivity contribution is 6.24. The van der Waals surface area contributed by atoms with Crippen LogP contribution in [0, 0.1) is 11.8 Å². The van der Waals surface area contributed by atoms with Gasteiger partial charge in [0.2, 0.25) is 11.8 Å². The molecule has 0 bridgehead atoms. The molecule has 2 aliphatic heterocycles. The third-order valence-corrected chi connectivity index (χ3v) is 7.39. The number of carboxylic acids is 1. The van der Waals surface area contributed by atoms with E-state index < -0.39 is 41.2 Å². The fourth-order valence-electron chi connectivity index (χ4n) is 5.50. The van der Waals surface area contributed by atoms with Crippen LogP contribution in [0.15, 0.2) is 84.9 Å². The number of amides is 2. The molecule has 2 heterocycles. The van der Waals surface area contributed by atoms with Gasteiger partial charge in [-0.15, -0.1) is 0 Å². The Hall–Kier alpha value is -4.23. The van der Waals surface area contributed by atoms with Crippen molar-refractivity contribution in [2.45, 2.75) is 31.3 Å². The van der Waals surface area contributed by atoms with Crippen molar-refractivity contribution in [1.29, 1.82) is 0 Å². The summed E-state index contributed by atoms with van der Waals surface area (Å²) < 4.78 is 0. The number of hydrogen-bond acceptors (Lipinski definition) is 5. The molecule has 3 aromatic carbocycles. The summed E-state index contributed by atoms with van der Waals surface area (Å²) in [5.74, 6) is -4.07. The van der Waals surface area contributed by atoms with E-state index in [9.17, 15) is 24.6 Å². The lowest BCUT2D eigenvalue weighted by molar-refractivity contribution is -0.148. The van der Waals surface area contributed by atoms with Crippen LogP contribution < -0.4 is 10.2 Å². The summed E-state index contributed by atoms with van der Waals surface area (Å²) in [6.45, 7) is 2.02. The average Bonchev–Trinajstić information content (AvgIpc) is 3.38. The second-order valence-electron chi connectivity index (χ2n) is 9.59. The SMILES string of the molecule is CCc1ccc(N2C(=O)C3C(C=Cc4ccccc4)NC(Cc4ccc(O)cc4)(C(=O)O)C3C2=O)cc1. The van der Waals surface area contributed by atoms with Gasteiger partial charge in [0.15, 0.2) is 0 Å². The van der Waals surface area contributed by atoms with Crippen LogP contribution >= 0.6 is 0 Å². The third kappa shape index (κ3) is 4.32. The van der Waals surface area contributed by atoms with Crippen LogP contribution in [0.25, 0.3) is 6.08 Å². The van der Waals surface area contributed by atoms with Crippen LogP contribution in [-0.4, -0.2) is 39.6 Å². The molecule has 2 aliphatic rings. The Morgan fingerprint density at radius 2 is 1.59 bits per heavy atom. The normalized spacial score (nSPS) is 25.1. The van der Waals surface area contributed by atoms with Crippen LogP contribution in [0.5, 0.6) is 5.75 Å². The number of aromatic hydroxyl groups is 1. The maximum Gasteiger partial charge on any atom is 0.325 e. The van der Waals surface area contributed by atoms with Gasteiger partial charge in [-0.2, -0.15) is 0 Å². The van der Waals surface area contributed by atoms with Crippen molar-refractivity contribution in [2.24, 2.45) is 11.8 Å². The molecule has 0 aromatic heterocycles. The molecule has 3 N–H and O–H groups in total. The smallest absolute Gasteiger partial charge is 0.325 e. The predicted molar refractivity (Wildman–Crippen MR) is 140 cm³/mol. The van der Waals surface area contributed by atoms with Crippen molar-refractivity contribution >= 4 is 29.5 Å². The van der Waals surface area contributed by atoms with E-state index in [1.165, 1.54) is 12.1 Å². The Morgan fingerprint density at radius 1 is 0.946 bits per heavy atom. The van der Waals surface area contributed by atoms with Gasteiger partial charge < -0.3 is 10.2 Å². The van der Waals surface area contributed by atoms with E-state index in [-0.39, 0.29) is 12.2 Å². The number of phenolic OH excluding ortho intramolecular Hbond substituents is 1. The number of aliphatic carboxylic acids is 1. The second-order valence-corrected chi connectivity index (χ2v) is 9.59. The van der Waals surface area contributed by atoms with Crippen molar-refractivity contribution in [1.82, 2.24) is 5.32 Å². The van der Waals surface area contributed by atoms with Crippen molar-refractivity contribution in [3.63, 3.8) is 0 Å². The van der Waals surface area contributed by atoms with Gasteiger partial charge in [-0.3, -0.25) is 19.7 Å². The molecule has 0 radical (unpaired) electrons. The third-order valence-electron chi connectivity index (χ3n) is 7.39. The first kappa shape index (κ1) is 24.5. The summed E-state index contributed by atoms with van der Waals surface area (Å²) in [7, 11) is 0. The quantitative estimate of drug-likeness (QED) is 0.430. The van der Waals surface area contributed by atoms with E-state index in [0.29, 0.717) is 11.3 Å². The van der Waals surface area contributed by atoms with Crippen molar-refractivity contribution in [3.05, 3.63) is 102 Å². The maximum atomic E-state index is 13.9. The number of rotatable bonds is 7. The van der Waals surface area contributed by atoms with Gasteiger partial charge in [-0.05, 0) is 47.4 Å². The summed E-state index contributed by atoms with van der Waals surface area (Å²) >= 11 is 0. The highest BCUT2D eigenvalue weighted by Gasteiger charge is 2.68. The first-order valence-electron chi connectivity index (χ1n) is 12.3. The Kier molecular flexibility index (Phi) is 6.39. The molecule has 2 saturated heterocycles. The number of hydrogen-bond donors (Lipinski definition) is 3. The Bertz CT molecular complexity index is 1350. The van der Waals surface area contributed by atoms with E-state index in [1.54, 1.807) is 30.3 Å². The molecule has 0 spiro atoms. The molecule has 2 fully saturated rings. The first-order chi connectivity index (χ1) is 17.8. The molecular weight excluding hydrogens is 468 g/mol. The van der Waals surface area contributed by atoms with Gasteiger partial charge in [-0.1, -0.05) is 73.7 Å². The minimum Gasteiger partial charge on any atom is -0.508 e. The molecule has 5 rings (SSSR count). The zero-order valence-electron chi connectivity index (χ0n) is 20.4. The number of fused-ring (bicyclic) bond motifs is 1. The van der Waals surface area contributed by atoms with Crippen LogP contribution in [0.2, 0.25) is 0 Å². The topological polar surface area (TPSA) is 107 Å². The lowest BCUT2D eigenvalue weighted by atomic mass is 9.76.